The largest absolute Gasteiger partial charge is 0.330 e. The molecule has 0 N–H and O–H groups in total. The Kier molecular flexibility index (Phi) is 6.49. The molecule has 0 saturated carbocycles. The Morgan fingerprint density at radius 3 is 2.42 bits per heavy atom. The monoisotopic (exact) mass is 518 g/mol. The number of benzene rings is 3. The molecule has 5 rings (SSSR count). The smallest absolute Gasteiger partial charge is 0.244 e. The normalized spacial score (nSPS) is 16.3. The molecule has 1 aliphatic heterocycles. The molecule has 1 unspecified atom stereocenters. The van der Waals surface area contributed by atoms with Crippen molar-refractivity contribution < 1.29 is 13.2 Å². The van der Waals surface area contributed by atoms with E-state index < -0.39 is 15.6 Å². The molecular formula is C29H30N2O3S2. The predicted octanol–water partition coefficient (Wildman–Crippen LogP) is 5.86. The molecule has 0 bridgehead atoms. The van der Waals surface area contributed by atoms with E-state index in [0.29, 0.717) is 11.9 Å². The lowest BCUT2D eigenvalue weighted by Gasteiger charge is -2.40. The lowest BCUT2D eigenvalue weighted by Crippen LogP contribution is -2.52. The minimum Gasteiger partial charge on any atom is -0.330 e. The highest BCUT2D eigenvalue weighted by Gasteiger charge is 2.40. The molecule has 0 saturated heterocycles. The number of sulfonamides is 1. The quantitative estimate of drug-likeness (QED) is 0.332. The number of amides is 1. The molecule has 0 spiro atoms. The van der Waals surface area contributed by atoms with E-state index in [0.717, 1.165) is 22.9 Å². The van der Waals surface area contributed by atoms with Gasteiger partial charge in [0.25, 0.3) is 0 Å². The fraction of sp³-hybridized carbons (Fsp3) is 0.276. The molecule has 1 aliphatic rings. The molecular weight excluding hydrogens is 488 g/mol. The molecule has 5 nitrogen and oxygen atoms in total. The van der Waals surface area contributed by atoms with Crippen LogP contribution < -0.4 is 0 Å². The van der Waals surface area contributed by atoms with E-state index in [1.54, 1.807) is 23.5 Å². The Hall–Kier alpha value is -3.00. The fourth-order valence-corrected chi connectivity index (χ4v) is 7.87. The highest BCUT2D eigenvalue weighted by Crippen LogP contribution is 2.38. The Morgan fingerprint density at radius 2 is 1.67 bits per heavy atom. The minimum atomic E-state index is -3.96. The van der Waals surface area contributed by atoms with Gasteiger partial charge < -0.3 is 4.90 Å². The summed E-state index contributed by atoms with van der Waals surface area (Å²) >= 11 is 1.71. The SMILES string of the molecule is CC(C)(C)N(CC(=O)N1CCc2sccc2C1c1ccccc1)S(=O)(=O)c1cccc2ccccc12. The van der Waals surface area contributed by atoms with E-state index in [9.17, 15) is 13.2 Å². The molecule has 7 heteroatoms. The number of rotatable bonds is 5. The van der Waals surface area contributed by atoms with E-state index in [2.05, 4.69) is 11.4 Å². The number of carbonyl (C=O) groups excluding carboxylic acids is 1. The van der Waals surface area contributed by atoms with Gasteiger partial charge in [0.05, 0.1) is 17.5 Å². The van der Waals surface area contributed by atoms with Crippen LogP contribution in [0.2, 0.25) is 0 Å². The average molecular weight is 519 g/mol. The fourth-order valence-electron chi connectivity index (χ4n) is 5.02. The van der Waals surface area contributed by atoms with Gasteiger partial charge in [-0.1, -0.05) is 66.7 Å². The van der Waals surface area contributed by atoms with Gasteiger partial charge in [0, 0.05) is 22.3 Å². The third-order valence-corrected chi connectivity index (χ3v) is 9.91. The third kappa shape index (κ3) is 4.47. The van der Waals surface area contributed by atoms with Crippen LogP contribution in [0.25, 0.3) is 10.8 Å². The molecule has 1 amide bonds. The van der Waals surface area contributed by atoms with Crippen LogP contribution in [0.1, 0.15) is 42.8 Å². The third-order valence-electron chi connectivity index (χ3n) is 6.75. The maximum absolute atomic E-state index is 14.1. The van der Waals surface area contributed by atoms with Crippen molar-refractivity contribution >= 4 is 38.0 Å². The summed E-state index contributed by atoms with van der Waals surface area (Å²) in [4.78, 5) is 17.3. The number of carbonyl (C=O) groups is 1. The van der Waals surface area contributed by atoms with Crippen molar-refractivity contribution in [3.05, 3.63) is 100 Å². The van der Waals surface area contributed by atoms with Crippen LogP contribution in [0.15, 0.2) is 89.1 Å². The van der Waals surface area contributed by atoms with E-state index in [4.69, 9.17) is 0 Å². The Morgan fingerprint density at radius 1 is 0.972 bits per heavy atom. The topological polar surface area (TPSA) is 57.7 Å². The summed E-state index contributed by atoms with van der Waals surface area (Å²) < 4.78 is 29.5. The molecule has 36 heavy (non-hydrogen) atoms. The van der Waals surface area contributed by atoms with Gasteiger partial charge in [0.2, 0.25) is 15.9 Å². The number of thiophene rings is 1. The van der Waals surface area contributed by atoms with Gasteiger partial charge in [-0.05, 0) is 61.2 Å². The van der Waals surface area contributed by atoms with Crippen molar-refractivity contribution in [3.63, 3.8) is 0 Å². The van der Waals surface area contributed by atoms with Crippen molar-refractivity contribution in [3.8, 4) is 0 Å². The molecule has 0 fully saturated rings. The standard InChI is InChI=1S/C29H30N2O3S2/c1-29(2,3)31(36(33,34)26-15-9-13-21-10-7-8-14-23(21)26)20-27(32)30-18-16-25-24(17-19-35-25)28(30)22-11-5-4-6-12-22/h4-15,17,19,28H,16,18,20H2,1-3H3. The maximum Gasteiger partial charge on any atom is 0.244 e. The van der Waals surface area contributed by atoms with Gasteiger partial charge >= 0.3 is 0 Å². The molecule has 0 radical (unpaired) electrons. The van der Waals surface area contributed by atoms with E-state index in [1.165, 1.54) is 9.18 Å². The van der Waals surface area contributed by atoms with Crippen LogP contribution in [0.4, 0.5) is 0 Å². The molecule has 186 valence electrons. The maximum atomic E-state index is 14.1. The second-order valence-corrected chi connectivity index (χ2v) is 12.9. The van der Waals surface area contributed by atoms with Crippen LogP contribution in [-0.4, -0.2) is 42.2 Å². The summed E-state index contributed by atoms with van der Waals surface area (Å²) in [6.45, 7) is 5.84. The summed E-state index contributed by atoms with van der Waals surface area (Å²) in [5.74, 6) is -0.195. The second kappa shape index (κ2) is 9.47. The molecule has 0 aliphatic carbocycles. The van der Waals surface area contributed by atoms with Crippen LogP contribution in [0, 0.1) is 0 Å². The Bertz CT molecular complexity index is 1500. The first-order chi connectivity index (χ1) is 17.2. The van der Waals surface area contributed by atoms with E-state index in [-0.39, 0.29) is 23.4 Å². The van der Waals surface area contributed by atoms with Crippen LogP contribution >= 0.6 is 11.3 Å². The Labute approximate surface area is 217 Å². The highest BCUT2D eigenvalue weighted by molar-refractivity contribution is 7.89. The van der Waals surface area contributed by atoms with Gasteiger partial charge in [-0.3, -0.25) is 4.79 Å². The average Bonchev–Trinajstić information content (AvgIpc) is 3.35. The number of hydrogen-bond acceptors (Lipinski definition) is 4. The van der Waals surface area contributed by atoms with Crippen molar-refractivity contribution in [1.82, 2.24) is 9.21 Å². The number of fused-ring (bicyclic) bond motifs is 2. The molecule has 1 aromatic heterocycles. The zero-order valence-corrected chi connectivity index (χ0v) is 22.4. The van der Waals surface area contributed by atoms with Gasteiger partial charge in [0.1, 0.15) is 0 Å². The van der Waals surface area contributed by atoms with Gasteiger partial charge in [-0.25, -0.2) is 8.42 Å². The summed E-state index contributed by atoms with van der Waals surface area (Å²) in [5, 5.41) is 3.58. The number of nitrogens with zero attached hydrogens (tertiary/aromatic N) is 2. The predicted molar refractivity (Wildman–Crippen MR) is 146 cm³/mol. The first-order valence-electron chi connectivity index (χ1n) is 12.1. The van der Waals surface area contributed by atoms with Crippen molar-refractivity contribution in [1.29, 1.82) is 0 Å². The summed E-state index contributed by atoms with van der Waals surface area (Å²) in [6.07, 6.45) is 0.771. The lowest BCUT2D eigenvalue weighted by atomic mass is 9.93. The second-order valence-electron chi connectivity index (χ2n) is 10.1. The van der Waals surface area contributed by atoms with E-state index in [1.807, 2.05) is 86.3 Å². The lowest BCUT2D eigenvalue weighted by molar-refractivity contribution is -0.134. The summed E-state index contributed by atoms with van der Waals surface area (Å²) in [7, 11) is -3.96. The molecule has 4 aromatic rings. The van der Waals surface area contributed by atoms with Gasteiger partial charge in [0.15, 0.2) is 0 Å². The summed E-state index contributed by atoms with van der Waals surface area (Å²) in [6, 6.07) is 24.6. The van der Waals surface area contributed by atoms with Gasteiger partial charge in [-0.2, -0.15) is 4.31 Å². The first kappa shape index (κ1) is 24.7. The highest BCUT2D eigenvalue weighted by atomic mass is 32.2. The first-order valence-corrected chi connectivity index (χ1v) is 14.4. The van der Waals surface area contributed by atoms with Crippen LogP contribution in [0.3, 0.4) is 0 Å². The van der Waals surface area contributed by atoms with Crippen molar-refractivity contribution in [2.24, 2.45) is 0 Å². The summed E-state index contributed by atoms with van der Waals surface area (Å²) in [5.41, 5.74) is 1.37. The minimum absolute atomic E-state index is 0.195. The van der Waals surface area contributed by atoms with Crippen molar-refractivity contribution in [2.75, 3.05) is 13.1 Å². The molecule has 2 heterocycles. The van der Waals surface area contributed by atoms with Crippen LogP contribution in [-0.2, 0) is 21.2 Å². The number of hydrogen-bond donors (Lipinski definition) is 0. The zero-order chi connectivity index (χ0) is 25.5. The molecule has 3 aromatic carbocycles. The van der Waals surface area contributed by atoms with Crippen LogP contribution in [0.5, 0.6) is 0 Å². The van der Waals surface area contributed by atoms with Gasteiger partial charge in [-0.15, -0.1) is 11.3 Å². The molecule has 1 atom stereocenters. The zero-order valence-electron chi connectivity index (χ0n) is 20.7. The Balaban J connectivity index is 1.53. The van der Waals surface area contributed by atoms with E-state index >= 15 is 0 Å². The van der Waals surface area contributed by atoms with Crippen molar-refractivity contribution in [2.45, 2.75) is 43.7 Å².